The molecule has 1 aliphatic rings. The summed E-state index contributed by atoms with van der Waals surface area (Å²) in [5.41, 5.74) is 0.779. The third-order valence-corrected chi connectivity index (χ3v) is 6.30. The van der Waals surface area contributed by atoms with Crippen molar-refractivity contribution in [3.05, 3.63) is 93.7 Å². The number of anilines is 3. The first-order valence-electron chi connectivity index (χ1n) is 11.4. The molecule has 11 heteroatoms. The summed E-state index contributed by atoms with van der Waals surface area (Å²) >= 11 is 0. The molecule has 5 rings (SSSR count). The zero-order valence-electron chi connectivity index (χ0n) is 19.5. The molecule has 0 fully saturated rings. The van der Waals surface area contributed by atoms with E-state index in [1.807, 2.05) is 31.2 Å². The number of para-hydroxylation sites is 1. The zero-order valence-corrected chi connectivity index (χ0v) is 19.5. The van der Waals surface area contributed by atoms with Gasteiger partial charge in [0, 0.05) is 30.1 Å². The minimum absolute atomic E-state index is 0.0461. The molecule has 2 heterocycles. The smallest absolute Gasteiger partial charge is 0.370 e. The predicted molar refractivity (Wildman–Crippen MR) is 132 cm³/mol. The van der Waals surface area contributed by atoms with Gasteiger partial charge in [0.25, 0.3) is 0 Å². The first kappa shape index (κ1) is 24.3. The molecule has 1 aromatic heterocycles. The molecule has 4 aromatic rings. The van der Waals surface area contributed by atoms with Crippen molar-refractivity contribution >= 4 is 34.1 Å². The van der Waals surface area contributed by atoms with Crippen LogP contribution in [0.2, 0.25) is 0 Å². The number of carbonyl (C=O) groups excluding carboxylic acids is 1. The number of hydrogen-bond donors (Lipinski definition) is 3. The topological polar surface area (TPSA) is 88.1 Å². The third kappa shape index (κ3) is 4.84. The molecule has 3 aromatic carbocycles. The third-order valence-electron chi connectivity index (χ3n) is 6.30. The molecular formula is C26H21F4N5O2. The lowest BCUT2D eigenvalue weighted by molar-refractivity contribution is -0.137. The molecule has 0 saturated heterocycles. The molecule has 0 bridgehead atoms. The maximum absolute atomic E-state index is 14.0. The number of fused-ring (bicyclic) bond motifs is 3. The second-order valence-electron chi connectivity index (χ2n) is 8.79. The summed E-state index contributed by atoms with van der Waals surface area (Å²) in [5.74, 6) is -0.311. The van der Waals surface area contributed by atoms with Gasteiger partial charge in [0.2, 0.25) is 0 Å². The van der Waals surface area contributed by atoms with Crippen LogP contribution in [0.15, 0.2) is 65.5 Å². The van der Waals surface area contributed by atoms with E-state index in [-0.39, 0.29) is 11.6 Å². The second-order valence-corrected chi connectivity index (χ2v) is 8.79. The summed E-state index contributed by atoms with van der Waals surface area (Å²) in [5, 5.41) is 8.84. The van der Waals surface area contributed by atoms with E-state index in [1.54, 1.807) is 22.8 Å². The van der Waals surface area contributed by atoms with Crippen LogP contribution in [0.5, 0.6) is 0 Å². The van der Waals surface area contributed by atoms with Crippen molar-refractivity contribution in [3.63, 3.8) is 0 Å². The molecule has 2 amide bonds. The highest BCUT2D eigenvalue weighted by Crippen LogP contribution is 2.33. The van der Waals surface area contributed by atoms with E-state index in [1.165, 1.54) is 0 Å². The summed E-state index contributed by atoms with van der Waals surface area (Å²) < 4.78 is 54.3. The minimum Gasteiger partial charge on any atom is -0.370 e. The van der Waals surface area contributed by atoms with Crippen molar-refractivity contribution < 1.29 is 22.4 Å². The molecule has 7 nitrogen and oxygen atoms in total. The minimum atomic E-state index is -4.67. The Bertz CT molecular complexity index is 1580. The number of nitrogens with zero attached hydrogens (tertiary/aromatic N) is 2. The van der Waals surface area contributed by atoms with E-state index in [9.17, 15) is 27.2 Å². The van der Waals surface area contributed by atoms with Gasteiger partial charge in [-0.15, -0.1) is 0 Å². The van der Waals surface area contributed by atoms with Gasteiger partial charge in [-0.25, -0.2) is 14.0 Å². The summed E-state index contributed by atoms with van der Waals surface area (Å²) in [6.07, 6.45) is -4.67. The second kappa shape index (κ2) is 9.23. The van der Waals surface area contributed by atoms with Crippen LogP contribution in [0.3, 0.4) is 0 Å². The van der Waals surface area contributed by atoms with Crippen LogP contribution in [-0.2, 0) is 12.7 Å². The van der Waals surface area contributed by atoms with E-state index >= 15 is 0 Å². The molecule has 3 N–H and O–H groups in total. The van der Waals surface area contributed by atoms with E-state index in [4.69, 9.17) is 0 Å². The normalized spacial score (nSPS) is 15.1. The fourth-order valence-electron chi connectivity index (χ4n) is 4.54. The predicted octanol–water partition coefficient (Wildman–Crippen LogP) is 5.72. The highest BCUT2D eigenvalue weighted by molar-refractivity contribution is 6.00. The molecule has 190 valence electrons. The van der Waals surface area contributed by atoms with E-state index < -0.39 is 29.3 Å². The van der Waals surface area contributed by atoms with Gasteiger partial charge < -0.3 is 16.0 Å². The van der Waals surface area contributed by atoms with E-state index in [0.29, 0.717) is 42.5 Å². The number of benzene rings is 3. The molecule has 37 heavy (non-hydrogen) atoms. The molecule has 0 spiro atoms. The van der Waals surface area contributed by atoms with Gasteiger partial charge in [0.05, 0.1) is 16.8 Å². The number of alkyl halides is 3. The SMILES string of the molecule is Cc1cc(NC(=O)Nc2cc(C(F)(F)F)ccc2F)ccc1C1CNc2c3ccccc3nc(=O)n2C1. The number of urea groups is 1. The monoisotopic (exact) mass is 511 g/mol. The first-order valence-corrected chi connectivity index (χ1v) is 11.4. The van der Waals surface area contributed by atoms with Crippen molar-refractivity contribution in [1.29, 1.82) is 0 Å². The number of halogens is 4. The Kier molecular flexibility index (Phi) is 6.06. The Balaban J connectivity index is 1.32. The van der Waals surface area contributed by atoms with Crippen molar-refractivity contribution in [3.8, 4) is 0 Å². The highest BCUT2D eigenvalue weighted by Gasteiger charge is 2.31. The van der Waals surface area contributed by atoms with Crippen LogP contribution in [-0.4, -0.2) is 22.1 Å². The zero-order chi connectivity index (χ0) is 26.3. The van der Waals surface area contributed by atoms with Gasteiger partial charge in [-0.05, 0) is 60.5 Å². The van der Waals surface area contributed by atoms with E-state index in [2.05, 4.69) is 20.9 Å². The van der Waals surface area contributed by atoms with Gasteiger partial charge in [-0.1, -0.05) is 18.2 Å². The molecule has 0 aliphatic carbocycles. The maximum atomic E-state index is 14.0. The molecular weight excluding hydrogens is 490 g/mol. The van der Waals surface area contributed by atoms with Crippen molar-refractivity contribution in [2.45, 2.75) is 25.6 Å². The quantitative estimate of drug-likeness (QED) is 0.307. The summed E-state index contributed by atoms with van der Waals surface area (Å²) in [6, 6.07) is 13.5. The standard InChI is InChI=1S/C26H21F4N5O2/c1-14-10-17(32-24(36)33-22-11-16(26(28,29)30)6-9-20(22)27)7-8-18(14)15-12-31-23-19-4-2-3-5-21(19)34-25(37)35(23)13-15/h2-11,15,31H,12-13H2,1H3,(H2,32,33,36). The Hall–Kier alpha value is -4.41. The van der Waals surface area contributed by atoms with Crippen LogP contribution in [0.4, 0.5) is 39.5 Å². The van der Waals surface area contributed by atoms with Crippen molar-refractivity contribution in [2.24, 2.45) is 0 Å². The van der Waals surface area contributed by atoms with Gasteiger partial charge in [0.15, 0.2) is 0 Å². The summed E-state index contributed by atoms with van der Waals surface area (Å²) in [7, 11) is 0. The molecule has 1 unspecified atom stereocenters. The van der Waals surface area contributed by atoms with Gasteiger partial charge >= 0.3 is 17.9 Å². The molecule has 0 radical (unpaired) electrons. The lowest BCUT2D eigenvalue weighted by Crippen LogP contribution is -2.35. The Morgan fingerprint density at radius 2 is 1.86 bits per heavy atom. The van der Waals surface area contributed by atoms with Gasteiger partial charge in [-0.3, -0.25) is 4.57 Å². The lowest BCUT2D eigenvalue weighted by atomic mass is 9.92. The number of rotatable bonds is 3. The largest absolute Gasteiger partial charge is 0.416 e. The molecule has 1 atom stereocenters. The van der Waals surface area contributed by atoms with E-state index in [0.717, 1.165) is 22.3 Å². The summed E-state index contributed by atoms with van der Waals surface area (Å²) in [4.78, 5) is 29.2. The van der Waals surface area contributed by atoms with Gasteiger partial charge in [0.1, 0.15) is 11.6 Å². The van der Waals surface area contributed by atoms with Crippen LogP contribution in [0, 0.1) is 12.7 Å². The molecule has 0 saturated carbocycles. The Morgan fingerprint density at radius 3 is 2.62 bits per heavy atom. The average Bonchev–Trinajstić information content (AvgIpc) is 2.85. The number of hydrogen-bond acceptors (Lipinski definition) is 4. The lowest BCUT2D eigenvalue weighted by Gasteiger charge is -2.29. The number of aryl methyl sites for hydroxylation is 1. The Morgan fingerprint density at radius 1 is 1.08 bits per heavy atom. The van der Waals surface area contributed by atoms with Crippen LogP contribution in [0.25, 0.3) is 10.9 Å². The number of nitrogens with one attached hydrogen (secondary N) is 3. The number of carbonyl (C=O) groups is 1. The molecule has 1 aliphatic heterocycles. The van der Waals surface area contributed by atoms with Gasteiger partial charge in [-0.2, -0.15) is 18.2 Å². The van der Waals surface area contributed by atoms with Crippen LogP contribution >= 0.6 is 0 Å². The van der Waals surface area contributed by atoms with Crippen LogP contribution < -0.4 is 21.6 Å². The number of aromatic nitrogens is 2. The van der Waals surface area contributed by atoms with Crippen molar-refractivity contribution in [2.75, 3.05) is 22.5 Å². The fourth-order valence-corrected chi connectivity index (χ4v) is 4.54. The Labute approximate surface area is 208 Å². The maximum Gasteiger partial charge on any atom is 0.416 e. The average molecular weight is 511 g/mol. The highest BCUT2D eigenvalue weighted by atomic mass is 19.4. The first-order chi connectivity index (χ1) is 17.6. The number of amides is 2. The van der Waals surface area contributed by atoms with Crippen molar-refractivity contribution in [1.82, 2.24) is 9.55 Å². The fraction of sp³-hybridized carbons (Fsp3) is 0.192. The summed E-state index contributed by atoms with van der Waals surface area (Å²) in [6.45, 7) is 2.85. The van der Waals surface area contributed by atoms with Crippen LogP contribution in [0.1, 0.15) is 22.6 Å².